The van der Waals surface area contributed by atoms with Crippen LogP contribution in [0.5, 0.6) is 0 Å². The lowest BCUT2D eigenvalue weighted by molar-refractivity contribution is -0.149. The molecule has 0 radical (unpaired) electrons. The Morgan fingerprint density at radius 2 is 1.44 bits per heavy atom. The Hall–Kier alpha value is -6.93. The number of fused-ring (bicyclic) bond motifs is 1. The third-order valence-electron chi connectivity index (χ3n) is 13.6. The summed E-state index contributed by atoms with van der Waals surface area (Å²) in [4.78, 5) is 120. The molecule has 0 unspecified atom stereocenters. The molecule has 2 aromatic carbocycles. The molecule has 0 saturated heterocycles. The van der Waals surface area contributed by atoms with Crippen LogP contribution in [0.3, 0.4) is 0 Å². The minimum atomic E-state index is -1.31. The standard InChI is InChI=1S/C57H85N9O11/c1-14-76-55(75)42(26-27-47(69)77-33-37-22-24-38(25-23-37)61-52(72)43(31-46(59)68)63-50(70)35(4)29-39(67)19-17-18-28-58)62-51(71)36(5)30-45(34(2)3)66(13)54(74)49(56(6,7)8)64-53(73)48(60-11)57(9,10)41-32-65(12)44-21-16-15-20-40(41)44/h15-16,20-25,30,32,34-35,42-43,45,48-49,60H,14,17-19,26-29,31,33,58H2,1-13H3,(H2,59,68)(H,61,72)(H,62,71)(H,63,70)(H,64,73)/b36-30+/t35-,42-,43+,45-,48-,49-/m1/s1. The van der Waals surface area contributed by atoms with Gasteiger partial charge in [0, 0.05) is 73.1 Å². The number of anilines is 1. The van der Waals surface area contributed by atoms with Crippen molar-refractivity contribution in [2.24, 2.45) is 35.8 Å². The van der Waals surface area contributed by atoms with Gasteiger partial charge < -0.3 is 57.0 Å². The molecule has 20 heteroatoms. The van der Waals surface area contributed by atoms with E-state index in [2.05, 4.69) is 26.6 Å². The van der Waals surface area contributed by atoms with E-state index in [4.69, 9.17) is 20.9 Å². The van der Waals surface area contributed by atoms with Gasteiger partial charge in [0.05, 0.1) is 25.1 Å². The molecule has 0 spiro atoms. The average molecular weight is 1070 g/mol. The lowest BCUT2D eigenvalue weighted by atomic mass is 9.76. The molecule has 0 aliphatic carbocycles. The summed E-state index contributed by atoms with van der Waals surface area (Å²) >= 11 is 0. The van der Waals surface area contributed by atoms with Crippen molar-refractivity contribution in [2.75, 3.05) is 32.6 Å². The second-order valence-electron chi connectivity index (χ2n) is 21.7. The zero-order valence-electron chi connectivity index (χ0n) is 47.4. The van der Waals surface area contributed by atoms with Crippen LogP contribution in [0.1, 0.15) is 125 Å². The number of ether oxygens (including phenoxy) is 2. The molecule has 6 atom stereocenters. The molecule has 424 valence electrons. The van der Waals surface area contributed by atoms with Gasteiger partial charge in [-0.15, -0.1) is 0 Å². The van der Waals surface area contributed by atoms with Crippen LogP contribution in [0.25, 0.3) is 10.9 Å². The molecular formula is C57H85N9O11. The molecule has 9 N–H and O–H groups in total. The molecule has 6 amide bonds. The fourth-order valence-corrected chi connectivity index (χ4v) is 9.04. The van der Waals surface area contributed by atoms with Crippen LogP contribution in [0.15, 0.2) is 66.4 Å². The first-order valence-electron chi connectivity index (χ1n) is 26.4. The highest BCUT2D eigenvalue weighted by Gasteiger charge is 2.43. The number of primary amides is 1. The van der Waals surface area contributed by atoms with Crippen molar-refractivity contribution in [3.8, 4) is 0 Å². The normalized spacial score (nSPS) is 14.3. The minimum absolute atomic E-state index is 0.0164. The molecule has 0 fully saturated rings. The van der Waals surface area contributed by atoms with Crippen LogP contribution in [-0.4, -0.2) is 120 Å². The highest BCUT2D eigenvalue weighted by molar-refractivity contribution is 6.00. The predicted molar refractivity (Wildman–Crippen MR) is 295 cm³/mol. The number of aryl methyl sites for hydroxylation is 1. The quantitative estimate of drug-likeness (QED) is 0.0273. The second-order valence-corrected chi connectivity index (χ2v) is 21.7. The van der Waals surface area contributed by atoms with Crippen molar-refractivity contribution in [1.82, 2.24) is 30.7 Å². The number of benzene rings is 2. The lowest BCUT2D eigenvalue weighted by Gasteiger charge is -2.39. The molecule has 0 saturated carbocycles. The number of para-hydroxylation sites is 1. The number of carbonyl (C=O) groups excluding carboxylic acids is 9. The summed E-state index contributed by atoms with van der Waals surface area (Å²) < 4.78 is 12.7. The van der Waals surface area contributed by atoms with Crippen molar-refractivity contribution < 1.29 is 52.6 Å². The molecular weight excluding hydrogens is 987 g/mol. The molecule has 1 heterocycles. The van der Waals surface area contributed by atoms with E-state index < -0.39 is 88.9 Å². The van der Waals surface area contributed by atoms with E-state index in [0.29, 0.717) is 30.6 Å². The topological polar surface area (TPSA) is 292 Å². The number of nitrogens with two attached hydrogens (primary N) is 2. The minimum Gasteiger partial charge on any atom is -0.464 e. The molecule has 77 heavy (non-hydrogen) atoms. The van der Waals surface area contributed by atoms with Crippen molar-refractivity contribution >= 4 is 69.8 Å². The summed E-state index contributed by atoms with van der Waals surface area (Å²) in [5, 5.41) is 15.1. The smallest absolute Gasteiger partial charge is 0.328 e. The van der Waals surface area contributed by atoms with Gasteiger partial charge in [-0.1, -0.05) is 91.8 Å². The van der Waals surface area contributed by atoms with Gasteiger partial charge in [-0.3, -0.25) is 38.4 Å². The maximum Gasteiger partial charge on any atom is 0.328 e. The first-order valence-corrected chi connectivity index (χ1v) is 26.4. The Labute approximate surface area is 453 Å². The fraction of sp³-hybridized carbons (Fsp3) is 0.561. The van der Waals surface area contributed by atoms with Gasteiger partial charge in [-0.25, -0.2) is 4.79 Å². The van der Waals surface area contributed by atoms with E-state index in [1.165, 1.54) is 17.0 Å². The number of nitrogens with zero attached hydrogens (tertiary/aromatic N) is 2. The molecule has 20 nitrogen and oxygen atoms in total. The van der Waals surface area contributed by atoms with E-state index >= 15 is 0 Å². The van der Waals surface area contributed by atoms with Crippen molar-refractivity contribution in [3.63, 3.8) is 0 Å². The van der Waals surface area contributed by atoms with Crippen LogP contribution in [0, 0.1) is 17.3 Å². The zero-order valence-corrected chi connectivity index (χ0v) is 47.4. The summed E-state index contributed by atoms with van der Waals surface area (Å²) in [7, 11) is 5.32. The van der Waals surface area contributed by atoms with Crippen LogP contribution in [0.2, 0.25) is 0 Å². The monoisotopic (exact) mass is 1070 g/mol. The first kappa shape index (κ1) is 64.4. The molecule has 0 bridgehead atoms. The van der Waals surface area contributed by atoms with E-state index in [1.807, 2.05) is 90.5 Å². The largest absolute Gasteiger partial charge is 0.464 e. The van der Waals surface area contributed by atoms with Crippen molar-refractivity contribution in [3.05, 3.63) is 77.5 Å². The van der Waals surface area contributed by atoms with Gasteiger partial charge in [0.15, 0.2) is 0 Å². The molecule has 0 aliphatic rings. The van der Waals surface area contributed by atoms with E-state index in [0.717, 1.165) is 16.5 Å². The van der Waals surface area contributed by atoms with E-state index in [9.17, 15) is 43.2 Å². The predicted octanol–water partition coefficient (Wildman–Crippen LogP) is 4.60. The summed E-state index contributed by atoms with van der Waals surface area (Å²) in [6.45, 7) is 18.5. The number of ketones is 1. The van der Waals surface area contributed by atoms with Gasteiger partial charge in [-0.2, -0.15) is 0 Å². The molecule has 1 aromatic heterocycles. The fourth-order valence-electron chi connectivity index (χ4n) is 9.04. The Morgan fingerprint density at radius 3 is 2.03 bits per heavy atom. The maximum atomic E-state index is 14.6. The Balaban J connectivity index is 1.66. The highest BCUT2D eigenvalue weighted by atomic mass is 16.5. The Kier molecular flexibility index (Phi) is 24.7. The first-order chi connectivity index (χ1) is 36.1. The number of hydrogen-bond acceptors (Lipinski definition) is 13. The van der Waals surface area contributed by atoms with E-state index in [1.54, 1.807) is 53.1 Å². The number of amides is 6. The number of esters is 2. The SMILES string of the molecule is CCOC(=O)[C@@H](CCC(=O)OCc1ccc(NC(=O)[C@H](CC(N)=O)NC(=O)[C@H](C)CC(=O)CCCCN)cc1)NC(=O)/C(C)=C/[C@H](C(C)C)N(C)C(=O)[C@@H](NC(=O)[C@@H](NC)C(C)(C)c1cn(C)c2ccccc12)C(C)(C)C. The van der Waals surface area contributed by atoms with Crippen LogP contribution >= 0.6 is 0 Å². The van der Waals surface area contributed by atoms with Crippen LogP contribution < -0.4 is 38.1 Å². The van der Waals surface area contributed by atoms with E-state index in [-0.39, 0.29) is 68.0 Å². The third-order valence-corrected chi connectivity index (χ3v) is 13.6. The average Bonchev–Trinajstić information content (AvgIpc) is 3.71. The number of rotatable bonds is 30. The molecule has 3 aromatic rings. The summed E-state index contributed by atoms with van der Waals surface area (Å²) in [5.74, 6) is -5.94. The second kappa shape index (κ2) is 29.5. The highest BCUT2D eigenvalue weighted by Crippen LogP contribution is 2.35. The number of aromatic nitrogens is 1. The van der Waals surface area contributed by atoms with Gasteiger partial charge >= 0.3 is 11.9 Å². The number of hydrogen-bond donors (Lipinski definition) is 7. The molecule has 0 aliphatic heterocycles. The summed E-state index contributed by atoms with van der Waals surface area (Å²) in [6.07, 6.45) is 4.31. The van der Waals surface area contributed by atoms with Crippen molar-refractivity contribution in [2.45, 2.75) is 156 Å². The number of carbonyl (C=O) groups is 9. The number of likely N-dealkylation sites (N-methyl/N-ethyl adjacent to an activating group) is 2. The Morgan fingerprint density at radius 1 is 0.792 bits per heavy atom. The van der Waals surface area contributed by atoms with Crippen molar-refractivity contribution in [1.29, 1.82) is 0 Å². The van der Waals surface area contributed by atoms with Crippen LogP contribution in [0.4, 0.5) is 5.69 Å². The van der Waals surface area contributed by atoms with Gasteiger partial charge in [0.2, 0.25) is 35.4 Å². The zero-order chi connectivity index (χ0) is 57.9. The van der Waals surface area contributed by atoms with Gasteiger partial charge in [0.25, 0.3) is 0 Å². The summed E-state index contributed by atoms with van der Waals surface area (Å²) in [6, 6.07) is 9.39. The lowest BCUT2D eigenvalue weighted by Crippen LogP contribution is -2.61. The Bertz CT molecular complexity index is 2580. The third kappa shape index (κ3) is 18.9. The number of Topliss-reactive ketones (excluding diaryl/α,β-unsaturated/α-hetero) is 1. The number of nitrogens with one attached hydrogen (secondary N) is 5. The van der Waals surface area contributed by atoms with Gasteiger partial charge in [0.1, 0.15) is 30.5 Å². The maximum absolute atomic E-state index is 14.6. The van der Waals surface area contributed by atoms with Crippen LogP contribution in [-0.2, 0) is 71.7 Å². The van der Waals surface area contributed by atoms with Gasteiger partial charge in [-0.05, 0) is 87.4 Å². The molecule has 3 rings (SSSR count). The summed E-state index contributed by atoms with van der Waals surface area (Å²) in [5.41, 5.74) is 12.5. The number of unbranched alkanes of at least 4 members (excludes halogenated alkanes) is 1.